The van der Waals surface area contributed by atoms with Crippen molar-refractivity contribution in [1.29, 1.82) is 0 Å². The molecule has 2 atom stereocenters. The summed E-state index contributed by atoms with van der Waals surface area (Å²) in [5.41, 5.74) is 0.976. The van der Waals surface area contributed by atoms with Crippen molar-refractivity contribution in [3.8, 4) is 0 Å². The Bertz CT molecular complexity index is 618. The van der Waals surface area contributed by atoms with Crippen molar-refractivity contribution < 1.29 is 14.6 Å². The Hall–Kier alpha value is -2.25. The molecule has 1 aliphatic rings. The summed E-state index contributed by atoms with van der Waals surface area (Å²) in [6.45, 7) is 1.38. The van der Waals surface area contributed by atoms with Crippen molar-refractivity contribution >= 4 is 5.91 Å². The van der Waals surface area contributed by atoms with E-state index in [0.29, 0.717) is 26.1 Å². The summed E-state index contributed by atoms with van der Waals surface area (Å²) in [6.07, 6.45) is 3.15. The molecule has 1 amide bonds. The number of benzene rings is 1. The van der Waals surface area contributed by atoms with E-state index >= 15 is 0 Å². The van der Waals surface area contributed by atoms with Crippen LogP contribution in [-0.4, -0.2) is 56.5 Å². The summed E-state index contributed by atoms with van der Waals surface area (Å²) in [7, 11) is 0. The third-order valence-electron chi connectivity index (χ3n) is 4.04. The summed E-state index contributed by atoms with van der Waals surface area (Å²) in [4.78, 5) is 14.5. The zero-order valence-corrected chi connectivity index (χ0v) is 12.8. The molecule has 0 spiro atoms. The van der Waals surface area contributed by atoms with Gasteiger partial charge in [-0.05, 0) is 5.56 Å². The lowest BCUT2D eigenvalue weighted by Gasteiger charge is -2.41. The van der Waals surface area contributed by atoms with E-state index in [-0.39, 0.29) is 18.6 Å². The quantitative estimate of drug-likeness (QED) is 0.875. The van der Waals surface area contributed by atoms with Gasteiger partial charge in [0.2, 0.25) is 5.91 Å². The minimum absolute atomic E-state index is 0.0364. The molecular formula is C16H20N4O3. The molecule has 7 heteroatoms. The van der Waals surface area contributed by atoms with Crippen molar-refractivity contribution in [1.82, 2.24) is 19.7 Å². The molecule has 23 heavy (non-hydrogen) atoms. The van der Waals surface area contributed by atoms with E-state index in [1.807, 2.05) is 35.2 Å². The van der Waals surface area contributed by atoms with E-state index in [2.05, 4.69) is 10.2 Å². The maximum atomic E-state index is 12.7. The molecule has 122 valence electrons. The first-order valence-corrected chi connectivity index (χ1v) is 7.69. The van der Waals surface area contributed by atoms with Gasteiger partial charge in [-0.15, -0.1) is 10.2 Å². The number of rotatable bonds is 5. The van der Waals surface area contributed by atoms with Gasteiger partial charge in [-0.3, -0.25) is 4.79 Å². The topological polar surface area (TPSA) is 80.5 Å². The van der Waals surface area contributed by atoms with Crippen LogP contribution in [0.2, 0.25) is 0 Å². The van der Waals surface area contributed by atoms with Crippen LogP contribution in [0.5, 0.6) is 0 Å². The van der Waals surface area contributed by atoms with Gasteiger partial charge in [0.25, 0.3) is 0 Å². The highest BCUT2D eigenvalue weighted by atomic mass is 16.5. The molecule has 1 saturated heterocycles. The number of aliphatic hydroxyl groups excluding tert-OH is 1. The normalized spacial score (nSPS) is 21.3. The number of hydrogen-bond donors (Lipinski definition) is 1. The van der Waals surface area contributed by atoms with Crippen LogP contribution in [0.3, 0.4) is 0 Å². The van der Waals surface area contributed by atoms with Crippen molar-refractivity contribution in [3.63, 3.8) is 0 Å². The number of carbonyl (C=O) groups excluding carboxylic acids is 1. The van der Waals surface area contributed by atoms with Crippen molar-refractivity contribution in [2.75, 3.05) is 19.8 Å². The molecule has 2 unspecified atom stereocenters. The molecule has 0 radical (unpaired) electrons. The van der Waals surface area contributed by atoms with Crippen LogP contribution in [0.25, 0.3) is 0 Å². The number of aromatic nitrogens is 3. The second-order valence-electron chi connectivity index (χ2n) is 5.48. The first-order valence-electron chi connectivity index (χ1n) is 7.69. The lowest BCUT2D eigenvalue weighted by molar-refractivity contribution is -0.150. The van der Waals surface area contributed by atoms with Crippen LogP contribution in [0.4, 0.5) is 0 Å². The highest BCUT2D eigenvalue weighted by molar-refractivity contribution is 5.77. The number of aliphatic hydroxyl groups is 1. The van der Waals surface area contributed by atoms with Crippen LogP contribution in [-0.2, 0) is 16.1 Å². The summed E-state index contributed by atoms with van der Waals surface area (Å²) < 4.78 is 7.43. The number of hydrogen-bond acceptors (Lipinski definition) is 5. The molecule has 1 aromatic carbocycles. The molecule has 1 aromatic heterocycles. The van der Waals surface area contributed by atoms with Crippen molar-refractivity contribution in [2.24, 2.45) is 0 Å². The lowest BCUT2D eigenvalue weighted by atomic mass is 9.98. The number of morpholine rings is 1. The average Bonchev–Trinajstić information content (AvgIpc) is 3.13. The van der Waals surface area contributed by atoms with Crippen molar-refractivity contribution in [2.45, 2.75) is 25.1 Å². The highest BCUT2D eigenvalue weighted by Gasteiger charge is 2.35. The Kier molecular flexibility index (Phi) is 4.99. The number of nitrogens with zero attached hydrogens (tertiary/aromatic N) is 4. The molecular weight excluding hydrogens is 296 g/mol. The molecule has 2 heterocycles. The van der Waals surface area contributed by atoms with Crippen LogP contribution in [0.15, 0.2) is 43.0 Å². The number of carbonyl (C=O) groups is 1. The number of aryl methyl sites for hydroxylation is 1. The number of amides is 1. The Morgan fingerprint density at radius 1 is 1.26 bits per heavy atom. The molecule has 2 aromatic rings. The molecule has 1 fully saturated rings. The maximum absolute atomic E-state index is 12.7. The zero-order valence-electron chi connectivity index (χ0n) is 12.8. The summed E-state index contributed by atoms with van der Waals surface area (Å²) in [6, 6.07) is 9.45. The van der Waals surface area contributed by atoms with E-state index in [4.69, 9.17) is 4.74 Å². The third-order valence-corrected chi connectivity index (χ3v) is 4.04. The fourth-order valence-electron chi connectivity index (χ4n) is 2.92. The monoisotopic (exact) mass is 316 g/mol. The predicted octanol–water partition coefficient (Wildman–Crippen LogP) is 0.629. The van der Waals surface area contributed by atoms with Gasteiger partial charge in [0, 0.05) is 19.5 Å². The van der Waals surface area contributed by atoms with Gasteiger partial charge in [-0.2, -0.15) is 0 Å². The van der Waals surface area contributed by atoms with Gasteiger partial charge >= 0.3 is 0 Å². The SMILES string of the molecule is O=C(CCn1cnnc1)N1CCOC(CO)C1c1ccccc1. The van der Waals surface area contributed by atoms with E-state index in [0.717, 1.165) is 5.56 Å². The molecule has 7 nitrogen and oxygen atoms in total. The molecule has 0 aliphatic carbocycles. The van der Waals surface area contributed by atoms with Gasteiger partial charge in [-0.25, -0.2) is 0 Å². The van der Waals surface area contributed by atoms with Gasteiger partial charge < -0.3 is 19.3 Å². The van der Waals surface area contributed by atoms with E-state index in [1.54, 1.807) is 17.2 Å². The summed E-state index contributed by atoms with van der Waals surface area (Å²) in [5, 5.41) is 17.1. The van der Waals surface area contributed by atoms with Gasteiger partial charge in [0.1, 0.15) is 18.8 Å². The van der Waals surface area contributed by atoms with E-state index in [1.165, 1.54) is 0 Å². The maximum Gasteiger partial charge on any atom is 0.225 e. The summed E-state index contributed by atoms with van der Waals surface area (Å²) in [5.74, 6) is 0.0364. The van der Waals surface area contributed by atoms with Crippen LogP contribution >= 0.6 is 0 Å². The largest absolute Gasteiger partial charge is 0.394 e. The Balaban J connectivity index is 1.75. The Labute approximate surface area is 134 Å². The predicted molar refractivity (Wildman–Crippen MR) is 82.4 cm³/mol. The first-order chi connectivity index (χ1) is 11.3. The molecule has 0 bridgehead atoms. The standard InChI is InChI=1S/C16H20N4O3/c21-10-14-16(13-4-2-1-3-5-13)20(8-9-23-14)15(22)6-7-19-11-17-18-12-19/h1-5,11-12,14,16,21H,6-10H2. The number of ether oxygens (including phenoxy) is 1. The minimum atomic E-state index is -0.398. The smallest absolute Gasteiger partial charge is 0.225 e. The third kappa shape index (κ3) is 3.57. The average molecular weight is 316 g/mol. The minimum Gasteiger partial charge on any atom is -0.394 e. The van der Waals surface area contributed by atoms with Gasteiger partial charge in [0.05, 0.1) is 19.3 Å². The lowest BCUT2D eigenvalue weighted by Crippen LogP contribution is -2.49. The van der Waals surface area contributed by atoms with Crippen LogP contribution in [0.1, 0.15) is 18.0 Å². The van der Waals surface area contributed by atoms with Crippen molar-refractivity contribution in [3.05, 3.63) is 48.5 Å². The van der Waals surface area contributed by atoms with Crippen LogP contribution in [0, 0.1) is 0 Å². The summed E-state index contributed by atoms with van der Waals surface area (Å²) >= 11 is 0. The molecule has 1 N–H and O–H groups in total. The fourth-order valence-corrected chi connectivity index (χ4v) is 2.92. The van der Waals surface area contributed by atoms with Crippen LogP contribution < -0.4 is 0 Å². The molecule has 0 saturated carbocycles. The highest BCUT2D eigenvalue weighted by Crippen LogP contribution is 2.30. The molecule has 1 aliphatic heterocycles. The van der Waals surface area contributed by atoms with E-state index < -0.39 is 6.10 Å². The van der Waals surface area contributed by atoms with Gasteiger partial charge in [-0.1, -0.05) is 30.3 Å². The second-order valence-corrected chi connectivity index (χ2v) is 5.48. The fraction of sp³-hybridized carbons (Fsp3) is 0.438. The second kappa shape index (κ2) is 7.34. The first kappa shape index (κ1) is 15.6. The zero-order chi connectivity index (χ0) is 16.1. The van der Waals surface area contributed by atoms with E-state index in [9.17, 15) is 9.90 Å². The Morgan fingerprint density at radius 3 is 2.70 bits per heavy atom. The van der Waals surface area contributed by atoms with Gasteiger partial charge in [0.15, 0.2) is 0 Å². The molecule has 3 rings (SSSR count). The Morgan fingerprint density at radius 2 is 2.00 bits per heavy atom.